The lowest BCUT2D eigenvalue weighted by molar-refractivity contribution is 0.392. The molecule has 1 aromatic carbocycles. The summed E-state index contributed by atoms with van der Waals surface area (Å²) < 4.78 is 18.2. The molecule has 0 aliphatic heterocycles. The topological polar surface area (TPSA) is 61.9 Å². The van der Waals surface area contributed by atoms with Crippen LogP contribution in [-0.2, 0) is 0 Å². The normalized spacial score (nSPS) is 11.9. The first-order valence-electron chi connectivity index (χ1n) is 5.92. The molecule has 19 heavy (non-hydrogen) atoms. The number of aryl methyl sites for hydroxylation is 2. The van der Waals surface area contributed by atoms with Crippen LogP contribution in [0.5, 0.6) is 0 Å². The van der Waals surface area contributed by atoms with E-state index in [1.54, 1.807) is 6.07 Å². The number of nitrogens with one attached hydrogen (secondary N) is 1. The molecule has 0 spiro atoms. The van der Waals surface area contributed by atoms with Crippen molar-refractivity contribution in [3.8, 4) is 6.07 Å². The molecular formula is C14H14FN3O. The minimum Gasteiger partial charge on any atom is -0.377 e. The molecule has 0 amide bonds. The van der Waals surface area contributed by atoms with Gasteiger partial charge < -0.3 is 9.84 Å². The van der Waals surface area contributed by atoms with E-state index in [4.69, 9.17) is 9.78 Å². The Morgan fingerprint density at radius 3 is 2.74 bits per heavy atom. The maximum Gasteiger partial charge on any atom is 0.139 e. The average molecular weight is 259 g/mol. The molecule has 4 nitrogen and oxygen atoms in total. The molecule has 5 heteroatoms. The molecule has 1 unspecified atom stereocenters. The van der Waals surface area contributed by atoms with Gasteiger partial charge in [-0.05, 0) is 39.0 Å². The van der Waals surface area contributed by atoms with Gasteiger partial charge in [0.25, 0.3) is 0 Å². The predicted molar refractivity (Wildman–Crippen MR) is 69.1 cm³/mol. The number of hydrogen-bond acceptors (Lipinski definition) is 4. The highest BCUT2D eigenvalue weighted by molar-refractivity contribution is 5.58. The Labute approximate surface area is 110 Å². The molecule has 1 N–H and O–H groups in total. The maximum absolute atomic E-state index is 13.1. The van der Waals surface area contributed by atoms with E-state index < -0.39 is 5.82 Å². The van der Waals surface area contributed by atoms with Crippen LogP contribution >= 0.6 is 0 Å². The monoisotopic (exact) mass is 259 g/mol. The molecule has 1 heterocycles. The van der Waals surface area contributed by atoms with E-state index in [0.29, 0.717) is 5.69 Å². The summed E-state index contributed by atoms with van der Waals surface area (Å²) in [7, 11) is 0. The molecule has 0 bridgehead atoms. The molecule has 0 radical (unpaired) electrons. The van der Waals surface area contributed by atoms with Crippen LogP contribution < -0.4 is 5.32 Å². The molecule has 1 atom stereocenters. The van der Waals surface area contributed by atoms with Crippen molar-refractivity contribution in [1.29, 1.82) is 5.26 Å². The minimum atomic E-state index is -0.424. The Hall–Kier alpha value is -2.35. The van der Waals surface area contributed by atoms with Gasteiger partial charge >= 0.3 is 0 Å². The second-order valence-electron chi connectivity index (χ2n) is 4.41. The number of hydrogen-bond donors (Lipinski definition) is 1. The summed E-state index contributed by atoms with van der Waals surface area (Å²) in [5.74, 6) is 0.310. The van der Waals surface area contributed by atoms with Gasteiger partial charge in [0.2, 0.25) is 0 Å². The summed E-state index contributed by atoms with van der Waals surface area (Å²) in [5, 5.41) is 16.1. The number of rotatable bonds is 3. The Balaban J connectivity index is 2.30. The number of benzene rings is 1. The van der Waals surface area contributed by atoms with E-state index in [-0.39, 0.29) is 11.6 Å². The zero-order chi connectivity index (χ0) is 14.0. The van der Waals surface area contributed by atoms with Crippen molar-refractivity contribution in [2.45, 2.75) is 26.8 Å². The number of halogens is 1. The summed E-state index contributed by atoms with van der Waals surface area (Å²) >= 11 is 0. The van der Waals surface area contributed by atoms with Crippen molar-refractivity contribution in [3.05, 3.63) is 46.6 Å². The van der Waals surface area contributed by atoms with Gasteiger partial charge in [-0.1, -0.05) is 5.16 Å². The summed E-state index contributed by atoms with van der Waals surface area (Å²) in [4.78, 5) is 0. The highest BCUT2D eigenvalue weighted by Gasteiger charge is 2.17. The smallest absolute Gasteiger partial charge is 0.139 e. The quantitative estimate of drug-likeness (QED) is 0.916. The highest BCUT2D eigenvalue weighted by atomic mass is 19.1. The van der Waals surface area contributed by atoms with Crippen molar-refractivity contribution < 1.29 is 8.91 Å². The number of anilines is 1. The van der Waals surface area contributed by atoms with E-state index >= 15 is 0 Å². The van der Waals surface area contributed by atoms with Crippen LogP contribution in [0.25, 0.3) is 0 Å². The minimum absolute atomic E-state index is 0.0798. The number of nitriles is 1. The third-order valence-corrected chi connectivity index (χ3v) is 3.00. The fourth-order valence-electron chi connectivity index (χ4n) is 2.15. The zero-order valence-corrected chi connectivity index (χ0v) is 11.0. The molecule has 0 saturated heterocycles. The first-order valence-corrected chi connectivity index (χ1v) is 5.92. The predicted octanol–water partition coefficient (Wildman–Crippen LogP) is 3.48. The molecule has 2 aromatic rings. The fraction of sp³-hybridized carbons (Fsp3) is 0.286. The Bertz CT molecular complexity index is 623. The first kappa shape index (κ1) is 13.1. The van der Waals surface area contributed by atoms with Gasteiger partial charge in [-0.15, -0.1) is 0 Å². The molecular weight excluding hydrogens is 245 g/mol. The largest absolute Gasteiger partial charge is 0.377 e. The van der Waals surface area contributed by atoms with E-state index in [1.165, 1.54) is 12.1 Å². The van der Waals surface area contributed by atoms with Crippen LogP contribution in [0.1, 0.15) is 35.5 Å². The fourth-order valence-corrected chi connectivity index (χ4v) is 2.15. The molecule has 1 aromatic heterocycles. The van der Waals surface area contributed by atoms with Crippen LogP contribution in [0, 0.1) is 31.0 Å². The maximum atomic E-state index is 13.1. The molecule has 0 fully saturated rings. The van der Waals surface area contributed by atoms with Crippen LogP contribution in [0.4, 0.5) is 10.1 Å². The van der Waals surface area contributed by atoms with Gasteiger partial charge in [-0.2, -0.15) is 5.26 Å². The molecule has 98 valence electrons. The first-order chi connectivity index (χ1) is 9.02. The SMILES string of the molecule is Cc1noc(C)c1C(C)Nc1ccc(F)cc1C#N. The molecule has 0 saturated carbocycles. The lowest BCUT2D eigenvalue weighted by Gasteiger charge is -2.16. The van der Waals surface area contributed by atoms with E-state index in [2.05, 4.69) is 10.5 Å². The Morgan fingerprint density at radius 1 is 1.42 bits per heavy atom. The molecule has 0 aliphatic rings. The van der Waals surface area contributed by atoms with Crippen molar-refractivity contribution in [2.24, 2.45) is 0 Å². The summed E-state index contributed by atoms with van der Waals surface area (Å²) in [6.07, 6.45) is 0. The zero-order valence-electron chi connectivity index (χ0n) is 11.0. The second-order valence-corrected chi connectivity index (χ2v) is 4.41. The van der Waals surface area contributed by atoms with E-state index in [0.717, 1.165) is 17.0 Å². The number of nitrogens with zero attached hydrogens (tertiary/aromatic N) is 2. The van der Waals surface area contributed by atoms with Gasteiger partial charge in [-0.25, -0.2) is 4.39 Å². The van der Waals surface area contributed by atoms with Crippen molar-refractivity contribution in [3.63, 3.8) is 0 Å². The summed E-state index contributed by atoms with van der Waals surface area (Å²) in [6.45, 7) is 5.64. The summed E-state index contributed by atoms with van der Waals surface area (Å²) in [5.41, 5.74) is 2.63. The van der Waals surface area contributed by atoms with Gasteiger partial charge in [0.15, 0.2) is 0 Å². The summed E-state index contributed by atoms with van der Waals surface area (Å²) in [6, 6.07) is 5.99. The third kappa shape index (κ3) is 2.58. The van der Waals surface area contributed by atoms with Crippen LogP contribution in [-0.4, -0.2) is 5.16 Å². The Morgan fingerprint density at radius 2 is 2.16 bits per heavy atom. The van der Waals surface area contributed by atoms with Crippen LogP contribution in [0.15, 0.2) is 22.7 Å². The van der Waals surface area contributed by atoms with E-state index in [9.17, 15) is 4.39 Å². The third-order valence-electron chi connectivity index (χ3n) is 3.00. The van der Waals surface area contributed by atoms with Crippen LogP contribution in [0.3, 0.4) is 0 Å². The lowest BCUT2D eigenvalue weighted by atomic mass is 10.1. The van der Waals surface area contributed by atoms with E-state index in [1.807, 2.05) is 26.8 Å². The standard InChI is InChI=1S/C14H14FN3O/c1-8(14-9(2)18-19-10(14)3)17-13-5-4-12(15)6-11(13)7-16/h4-6,8,17H,1-3H3. The molecule has 2 rings (SSSR count). The van der Waals surface area contributed by atoms with Gasteiger partial charge in [0, 0.05) is 5.56 Å². The van der Waals surface area contributed by atoms with Crippen molar-refractivity contribution >= 4 is 5.69 Å². The average Bonchev–Trinajstić information content (AvgIpc) is 2.71. The van der Waals surface area contributed by atoms with Crippen LogP contribution in [0.2, 0.25) is 0 Å². The van der Waals surface area contributed by atoms with Gasteiger partial charge in [0.05, 0.1) is 23.0 Å². The Kier molecular flexibility index (Phi) is 3.52. The van der Waals surface area contributed by atoms with Gasteiger partial charge in [-0.3, -0.25) is 0 Å². The highest BCUT2D eigenvalue weighted by Crippen LogP contribution is 2.26. The van der Waals surface area contributed by atoms with Crippen molar-refractivity contribution in [2.75, 3.05) is 5.32 Å². The van der Waals surface area contributed by atoms with Crippen molar-refractivity contribution in [1.82, 2.24) is 5.16 Å². The number of aromatic nitrogens is 1. The molecule has 0 aliphatic carbocycles. The lowest BCUT2D eigenvalue weighted by Crippen LogP contribution is -2.09. The second kappa shape index (κ2) is 5.11. The van der Waals surface area contributed by atoms with Gasteiger partial charge in [0.1, 0.15) is 17.6 Å².